The van der Waals surface area contributed by atoms with E-state index in [4.69, 9.17) is 0 Å². The summed E-state index contributed by atoms with van der Waals surface area (Å²) in [6.45, 7) is 4.33. The fourth-order valence-electron chi connectivity index (χ4n) is 1.92. The predicted octanol–water partition coefficient (Wildman–Crippen LogP) is 3.01. The van der Waals surface area contributed by atoms with Crippen LogP contribution >= 0.6 is 22.7 Å². The van der Waals surface area contributed by atoms with Crippen molar-refractivity contribution in [2.75, 3.05) is 6.54 Å². The Morgan fingerprint density at radius 1 is 1.50 bits per heavy atom. The summed E-state index contributed by atoms with van der Waals surface area (Å²) in [7, 11) is 0. The number of carbonyl (C=O) groups is 1. The molecule has 2 heterocycles. The summed E-state index contributed by atoms with van der Waals surface area (Å²) in [5.74, 6) is 0.157. The minimum absolute atomic E-state index is 0.0959. The van der Waals surface area contributed by atoms with Crippen molar-refractivity contribution in [2.24, 2.45) is 5.92 Å². The van der Waals surface area contributed by atoms with Crippen LogP contribution in [0.4, 0.5) is 0 Å². The Hall–Kier alpha value is -1.24. The molecule has 0 saturated heterocycles. The maximum Gasteiger partial charge on any atom is 0.263 e. The van der Waals surface area contributed by atoms with Gasteiger partial charge in [0.25, 0.3) is 5.91 Å². The smallest absolute Gasteiger partial charge is 0.263 e. The third-order valence-corrected chi connectivity index (χ3v) is 4.58. The molecule has 2 unspecified atom stereocenters. The number of hydrogen-bond donors (Lipinski definition) is 2. The number of aliphatic hydroxyl groups excluding tert-OH is 1. The van der Waals surface area contributed by atoms with Gasteiger partial charge >= 0.3 is 0 Å². The van der Waals surface area contributed by atoms with Crippen LogP contribution in [0.25, 0.3) is 10.6 Å². The normalized spacial score (nSPS) is 13.9. The van der Waals surface area contributed by atoms with E-state index >= 15 is 0 Å². The highest BCUT2D eigenvalue weighted by Gasteiger charge is 2.13. The molecule has 0 bridgehead atoms. The van der Waals surface area contributed by atoms with E-state index in [1.54, 1.807) is 24.5 Å². The fraction of sp³-hybridized carbons (Fsp3) is 0.429. The monoisotopic (exact) mass is 310 g/mol. The summed E-state index contributed by atoms with van der Waals surface area (Å²) < 4.78 is 0. The highest BCUT2D eigenvalue weighted by atomic mass is 32.1. The molecule has 0 saturated carbocycles. The second-order valence-electron chi connectivity index (χ2n) is 4.94. The summed E-state index contributed by atoms with van der Waals surface area (Å²) >= 11 is 3.01. The topological polar surface area (TPSA) is 62.2 Å². The van der Waals surface area contributed by atoms with Crippen LogP contribution in [0.5, 0.6) is 0 Å². The average Bonchev–Trinajstić information content (AvgIpc) is 3.04. The third-order valence-electron chi connectivity index (χ3n) is 2.85. The van der Waals surface area contributed by atoms with E-state index in [9.17, 15) is 9.90 Å². The number of thiazole rings is 1. The minimum atomic E-state index is -0.337. The second-order valence-corrected chi connectivity index (χ2v) is 6.75. The largest absolute Gasteiger partial charge is 0.393 e. The van der Waals surface area contributed by atoms with E-state index in [0.29, 0.717) is 17.8 Å². The van der Waals surface area contributed by atoms with Gasteiger partial charge in [-0.2, -0.15) is 11.3 Å². The number of carbonyl (C=O) groups excluding carboxylic acids is 1. The van der Waals surface area contributed by atoms with E-state index in [2.05, 4.69) is 10.3 Å². The summed E-state index contributed by atoms with van der Waals surface area (Å²) in [5, 5.41) is 17.1. The fourth-order valence-corrected chi connectivity index (χ4v) is 3.46. The van der Waals surface area contributed by atoms with E-state index in [0.717, 1.165) is 10.6 Å². The van der Waals surface area contributed by atoms with Gasteiger partial charge in [0, 0.05) is 17.5 Å². The lowest BCUT2D eigenvalue weighted by Gasteiger charge is -2.13. The van der Waals surface area contributed by atoms with Gasteiger partial charge in [0.15, 0.2) is 0 Å². The van der Waals surface area contributed by atoms with Gasteiger partial charge in [-0.25, -0.2) is 4.98 Å². The van der Waals surface area contributed by atoms with Crippen molar-refractivity contribution in [1.29, 1.82) is 0 Å². The molecule has 1 amide bonds. The molecule has 0 spiro atoms. The Bertz CT molecular complexity index is 549. The SMILES string of the molecule is CC(O)CC(C)CNC(=O)c1cnc(-c2ccsc2)s1. The van der Waals surface area contributed by atoms with Crippen molar-refractivity contribution in [3.8, 4) is 10.6 Å². The zero-order chi connectivity index (χ0) is 14.5. The molecule has 2 rings (SSSR count). The number of rotatable bonds is 6. The van der Waals surface area contributed by atoms with Crippen LogP contribution in [-0.4, -0.2) is 28.6 Å². The van der Waals surface area contributed by atoms with Crippen LogP contribution < -0.4 is 5.32 Å². The molecule has 2 N–H and O–H groups in total. The van der Waals surface area contributed by atoms with Crippen molar-refractivity contribution in [3.05, 3.63) is 27.9 Å². The Labute approximate surface area is 126 Å². The molecule has 0 fully saturated rings. The first kappa shape index (κ1) is 15.2. The molecule has 0 aliphatic heterocycles. The second kappa shape index (κ2) is 6.97. The average molecular weight is 310 g/mol. The highest BCUT2D eigenvalue weighted by Crippen LogP contribution is 2.26. The van der Waals surface area contributed by atoms with Gasteiger partial charge in [0.1, 0.15) is 9.88 Å². The van der Waals surface area contributed by atoms with Crippen LogP contribution in [0.2, 0.25) is 0 Å². The van der Waals surface area contributed by atoms with Crippen LogP contribution in [0.1, 0.15) is 29.9 Å². The highest BCUT2D eigenvalue weighted by molar-refractivity contribution is 7.17. The summed E-state index contributed by atoms with van der Waals surface area (Å²) in [6.07, 6.45) is 1.96. The summed E-state index contributed by atoms with van der Waals surface area (Å²) in [6, 6.07) is 2.00. The first-order valence-corrected chi connectivity index (χ1v) is 8.27. The molecule has 2 aromatic heterocycles. The van der Waals surface area contributed by atoms with Gasteiger partial charge in [-0.1, -0.05) is 6.92 Å². The molecule has 0 aromatic carbocycles. The molecule has 20 heavy (non-hydrogen) atoms. The molecular formula is C14H18N2O2S2. The van der Waals surface area contributed by atoms with Gasteiger partial charge in [-0.15, -0.1) is 11.3 Å². The summed E-state index contributed by atoms with van der Waals surface area (Å²) in [5.41, 5.74) is 1.06. The van der Waals surface area contributed by atoms with Gasteiger partial charge in [0.05, 0.1) is 12.3 Å². The lowest BCUT2D eigenvalue weighted by atomic mass is 10.0. The first-order chi connectivity index (χ1) is 9.56. The van der Waals surface area contributed by atoms with Gasteiger partial charge < -0.3 is 10.4 Å². The number of nitrogens with one attached hydrogen (secondary N) is 1. The van der Waals surface area contributed by atoms with E-state index in [1.165, 1.54) is 11.3 Å². The van der Waals surface area contributed by atoms with Gasteiger partial charge in [-0.3, -0.25) is 4.79 Å². The zero-order valence-electron chi connectivity index (χ0n) is 11.5. The van der Waals surface area contributed by atoms with Gasteiger partial charge in [-0.05, 0) is 30.7 Å². The number of aliphatic hydroxyl groups is 1. The molecule has 4 nitrogen and oxygen atoms in total. The van der Waals surface area contributed by atoms with E-state index in [1.807, 2.05) is 23.8 Å². The van der Waals surface area contributed by atoms with E-state index < -0.39 is 0 Å². The molecular weight excluding hydrogens is 292 g/mol. The molecule has 2 aromatic rings. The lowest BCUT2D eigenvalue weighted by Crippen LogP contribution is -2.28. The van der Waals surface area contributed by atoms with Crippen LogP contribution in [0, 0.1) is 5.92 Å². The number of thiophene rings is 1. The van der Waals surface area contributed by atoms with Crippen LogP contribution in [0.15, 0.2) is 23.0 Å². The van der Waals surface area contributed by atoms with Crippen LogP contribution in [0.3, 0.4) is 0 Å². The standard InChI is InChI=1S/C14H18N2O2S2/c1-9(5-10(2)17)6-15-13(18)12-7-16-14(20-12)11-3-4-19-8-11/h3-4,7-10,17H,5-6H2,1-2H3,(H,15,18). The van der Waals surface area contributed by atoms with Crippen molar-refractivity contribution >= 4 is 28.6 Å². The zero-order valence-corrected chi connectivity index (χ0v) is 13.1. The van der Waals surface area contributed by atoms with Gasteiger partial charge in [0.2, 0.25) is 0 Å². The third kappa shape index (κ3) is 4.13. The number of hydrogen-bond acceptors (Lipinski definition) is 5. The maximum absolute atomic E-state index is 12.0. The number of amides is 1. The van der Waals surface area contributed by atoms with Crippen molar-refractivity contribution in [1.82, 2.24) is 10.3 Å². The van der Waals surface area contributed by atoms with Crippen LogP contribution in [-0.2, 0) is 0 Å². The Balaban J connectivity index is 1.90. The molecule has 6 heteroatoms. The molecule has 108 valence electrons. The number of nitrogens with zero attached hydrogens (tertiary/aromatic N) is 1. The van der Waals surface area contributed by atoms with Crippen molar-refractivity contribution < 1.29 is 9.90 Å². The Morgan fingerprint density at radius 3 is 2.95 bits per heavy atom. The first-order valence-electron chi connectivity index (χ1n) is 6.51. The maximum atomic E-state index is 12.0. The minimum Gasteiger partial charge on any atom is -0.393 e. The quantitative estimate of drug-likeness (QED) is 0.862. The Kier molecular flexibility index (Phi) is 5.28. The van der Waals surface area contributed by atoms with Crippen molar-refractivity contribution in [3.63, 3.8) is 0 Å². The van der Waals surface area contributed by atoms with Crippen molar-refractivity contribution in [2.45, 2.75) is 26.4 Å². The predicted molar refractivity (Wildman–Crippen MR) is 83.2 cm³/mol. The molecule has 0 radical (unpaired) electrons. The summed E-state index contributed by atoms with van der Waals surface area (Å²) in [4.78, 5) is 16.9. The number of aromatic nitrogens is 1. The Morgan fingerprint density at radius 2 is 2.30 bits per heavy atom. The van der Waals surface area contributed by atoms with E-state index in [-0.39, 0.29) is 17.9 Å². The molecule has 0 aliphatic carbocycles. The molecule has 2 atom stereocenters. The molecule has 0 aliphatic rings. The lowest BCUT2D eigenvalue weighted by molar-refractivity contribution is 0.0943.